The molecule has 0 spiro atoms. The summed E-state index contributed by atoms with van der Waals surface area (Å²) in [4.78, 5) is 12.6. The molecule has 0 aliphatic carbocycles. The smallest absolute Gasteiger partial charge is 0.248 e. The standard InChI is InChI=1S/C17H18ClFN2O3S/c1-3-16(17(22)20-14-6-4-5-13(19)11-14)21(25(2,23)24)15-9-7-12(18)8-10-15/h4-11,16H,3H2,1-2H3,(H,20,22)/t16-/m0/s1. The summed E-state index contributed by atoms with van der Waals surface area (Å²) in [6.07, 6.45) is 1.26. The van der Waals surface area contributed by atoms with Crippen molar-refractivity contribution in [1.29, 1.82) is 0 Å². The molecule has 0 heterocycles. The fourth-order valence-electron chi connectivity index (χ4n) is 2.44. The molecule has 1 N–H and O–H groups in total. The molecule has 5 nitrogen and oxygen atoms in total. The van der Waals surface area contributed by atoms with Gasteiger partial charge < -0.3 is 5.32 Å². The Balaban J connectivity index is 2.36. The highest BCUT2D eigenvalue weighted by Gasteiger charge is 2.31. The molecule has 0 fully saturated rings. The van der Waals surface area contributed by atoms with Crippen molar-refractivity contribution >= 4 is 38.9 Å². The molecule has 2 aromatic rings. The predicted octanol–water partition coefficient (Wildman–Crippen LogP) is 3.66. The normalized spacial score (nSPS) is 12.5. The van der Waals surface area contributed by atoms with Crippen LogP contribution in [0, 0.1) is 5.82 Å². The minimum atomic E-state index is -3.73. The highest BCUT2D eigenvalue weighted by atomic mass is 35.5. The molecule has 0 aromatic heterocycles. The zero-order chi connectivity index (χ0) is 18.6. The number of rotatable bonds is 6. The van der Waals surface area contributed by atoms with Crippen molar-refractivity contribution in [2.24, 2.45) is 0 Å². The Morgan fingerprint density at radius 3 is 2.40 bits per heavy atom. The Hall–Kier alpha value is -2.12. The van der Waals surface area contributed by atoms with Gasteiger partial charge in [0.2, 0.25) is 15.9 Å². The van der Waals surface area contributed by atoms with Crippen molar-refractivity contribution in [2.45, 2.75) is 19.4 Å². The van der Waals surface area contributed by atoms with E-state index in [4.69, 9.17) is 11.6 Å². The summed E-state index contributed by atoms with van der Waals surface area (Å²) >= 11 is 5.85. The molecular weight excluding hydrogens is 367 g/mol. The maximum Gasteiger partial charge on any atom is 0.248 e. The van der Waals surface area contributed by atoms with Crippen molar-refractivity contribution in [1.82, 2.24) is 0 Å². The van der Waals surface area contributed by atoms with Gasteiger partial charge in [-0.25, -0.2) is 12.8 Å². The quantitative estimate of drug-likeness (QED) is 0.826. The summed E-state index contributed by atoms with van der Waals surface area (Å²) in [6, 6.07) is 10.6. The third kappa shape index (κ3) is 4.93. The van der Waals surface area contributed by atoms with Gasteiger partial charge >= 0.3 is 0 Å². The number of anilines is 2. The second kappa shape index (κ2) is 7.84. The van der Waals surface area contributed by atoms with Crippen LogP contribution in [0.25, 0.3) is 0 Å². The lowest BCUT2D eigenvalue weighted by atomic mass is 10.2. The van der Waals surface area contributed by atoms with E-state index in [0.29, 0.717) is 10.7 Å². The average Bonchev–Trinajstić information content (AvgIpc) is 2.52. The van der Waals surface area contributed by atoms with Crippen LogP contribution in [0.15, 0.2) is 48.5 Å². The van der Waals surface area contributed by atoms with Crippen LogP contribution in [0.4, 0.5) is 15.8 Å². The number of halogens is 2. The van der Waals surface area contributed by atoms with Gasteiger partial charge in [0.05, 0.1) is 11.9 Å². The van der Waals surface area contributed by atoms with Crippen LogP contribution in [-0.4, -0.2) is 26.6 Å². The van der Waals surface area contributed by atoms with Crippen molar-refractivity contribution in [2.75, 3.05) is 15.9 Å². The minimum absolute atomic E-state index is 0.233. The third-order valence-electron chi connectivity index (χ3n) is 3.50. The number of carbonyl (C=O) groups excluding carboxylic acids is 1. The molecule has 2 aromatic carbocycles. The van der Waals surface area contributed by atoms with Crippen LogP contribution in [0.3, 0.4) is 0 Å². The molecule has 0 saturated heterocycles. The molecule has 0 saturated carbocycles. The number of hydrogen-bond donors (Lipinski definition) is 1. The molecule has 2 rings (SSSR count). The molecule has 0 unspecified atom stereocenters. The summed E-state index contributed by atoms with van der Waals surface area (Å²) in [5, 5.41) is 3.01. The summed E-state index contributed by atoms with van der Waals surface area (Å²) in [6.45, 7) is 1.70. The molecular formula is C17H18ClFN2O3S. The van der Waals surface area contributed by atoms with Crippen LogP contribution in [-0.2, 0) is 14.8 Å². The number of amides is 1. The molecule has 134 valence electrons. The summed E-state index contributed by atoms with van der Waals surface area (Å²) in [7, 11) is -3.73. The van der Waals surface area contributed by atoms with Crippen LogP contribution in [0.1, 0.15) is 13.3 Å². The topological polar surface area (TPSA) is 66.5 Å². The Morgan fingerprint density at radius 2 is 1.88 bits per heavy atom. The molecule has 0 bridgehead atoms. The number of nitrogens with zero attached hydrogens (tertiary/aromatic N) is 1. The molecule has 0 aliphatic rings. The first-order valence-electron chi connectivity index (χ1n) is 7.53. The lowest BCUT2D eigenvalue weighted by molar-refractivity contribution is -0.117. The second-order valence-corrected chi connectivity index (χ2v) is 7.75. The average molecular weight is 385 g/mol. The molecule has 8 heteroatoms. The number of carbonyl (C=O) groups is 1. The largest absolute Gasteiger partial charge is 0.324 e. The maximum absolute atomic E-state index is 13.3. The SMILES string of the molecule is CC[C@@H](C(=O)Nc1cccc(F)c1)N(c1ccc(Cl)cc1)S(C)(=O)=O. The van der Waals surface area contributed by atoms with Crippen molar-refractivity contribution in [3.63, 3.8) is 0 Å². The van der Waals surface area contributed by atoms with E-state index in [1.165, 1.54) is 30.3 Å². The molecule has 0 aliphatic heterocycles. The van der Waals surface area contributed by atoms with E-state index in [-0.39, 0.29) is 12.1 Å². The van der Waals surface area contributed by atoms with Gasteiger partial charge in [-0.2, -0.15) is 0 Å². The van der Waals surface area contributed by atoms with Gasteiger partial charge in [-0.1, -0.05) is 24.6 Å². The van der Waals surface area contributed by atoms with Crippen LogP contribution < -0.4 is 9.62 Å². The van der Waals surface area contributed by atoms with Gasteiger partial charge in [0.15, 0.2) is 0 Å². The van der Waals surface area contributed by atoms with E-state index < -0.39 is 27.8 Å². The van der Waals surface area contributed by atoms with Crippen molar-refractivity contribution in [3.8, 4) is 0 Å². The fourth-order valence-corrected chi connectivity index (χ4v) is 3.78. The first-order chi connectivity index (χ1) is 11.7. The van der Waals surface area contributed by atoms with Crippen LogP contribution in [0.5, 0.6) is 0 Å². The third-order valence-corrected chi connectivity index (χ3v) is 4.93. The van der Waals surface area contributed by atoms with E-state index in [2.05, 4.69) is 5.32 Å². The lowest BCUT2D eigenvalue weighted by Crippen LogP contribution is -2.47. The van der Waals surface area contributed by atoms with E-state index in [9.17, 15) is 17.6 Å². The first-order valence-corrected chi connectivity index (χ1v) is 9.76. The second-order valence-electron chi connectivity index (χ2n) is 5.46. The van der Waals surface area contributed by atoms with E-state index in [1.807, 2.05) is 0 Å². The monoisotopic (exact) mass is 384 g/mol. The maximum atomic E-state index is 13.3. The highest BCUT2D eigenvalue weighted by Crippen LogP contribution is 2.25. The summed E-state index contributed by atoms with van der Waals surface area (Å²) in [5.41, 5.74) is 0.584. The summed E-state index contributed by atoms with van der Waals surface area (Å²) in [5.74, 6) is -1.04. The number of nitrogens with one attached hydrogen (secondary N) is 1. The van der Waals surface area contributed by atoms with E-state index >= 15 is 0 Å². The van der Waals surface area contributed by atoms with E-state index in [0.717, 1.165) is 16.6 Å². The predicted molar refractivity (Wildman–Crippen MR) is 97.9 cm³/mol. The highest BCUT2D eigenvalue weighted by molar-refractivity contribution is 7.92. The molecule has 1 amide bonds. The molecule has 25 heavy (non-hydrogen) atoms. The Bertz CT molecular complexity index is 856. The Labute approximate surface area is 151 Å². The molecule has 1 atom stereocenters. The number of hydrogen-bond acceptors (Lipinski definition) is 3. The Morgan fingerprint density at radius 1 is 1.24 bits per heavy atom. The molecule has 0 radical (unpaired) electrons. The van der Waals surface area contributed by atoms with Gasteiger partial charge in [0.1, 0.15) is 11.9 Å². The van der Waals surface area contributed by atoms with Crippen LogP contribution in [0.2, 0.25) is 5.02 Å². The van der Waals surface area contributed by atoms with Gasteiger partial charge in [-0.05, 0) is 48.9 Å². The summed E-state index contributed by atoms with van der Waals surface area (Å²) < 4.78 is 38.9. The van der Waals surface area contributed by atoms with Gasteiger partial charge in [0, 0.05) is 10.7 Å². The van der Waals surface area contributed by atoms with Crippen molar-refractivity contribution < 1.29 is 17.6 Å². The van der Waals surface area contributed by atoms with Gasteiger partial charge in [0.25, 0.3) is 0 Å². The lowest BCUT2D eigenvalue weighted by Gasteiger charge is -2.30. The first kappa shape index (κ1) is 19.2. The zero-order valence-corrected chi connectivity index (χ0v) is 15.3. The van der Waals surface area contributed by atoms with Gasteiger partial charge in [-0.3, -0.25) is 9.10 Å². The fraction of sp³-hybridized carbons (Fsp3) is 0.235. The van der Waals surface area contributed by atoms with Crippen molar-refractivity contribution in [3.05, 3.63) is 59.4 Å². The number of sulfonamides is 1. The van der Waals surface area contributed by atoms with E-state index in [1.54, 1.807) is 19.1 Å². The minimum Gasteiger partial charge on any atom is -0.324 e. The Kier molecular flexibility index (Phi) is 6.02. The van der Waals surface area contributed by atoms with Crippen LogP contribution >= 0.6 is 11.6 Å². The van der Waals surface area contributed by atoms with Gasteiger partial charge in [-0.15, -0.1) is 0 Å². The number of benzene rings is 2. The zero-order valence-electron chi connectivity index (χ0n) is 13.7.